The summed E-state index contributed by atoms with van der Waals surface area (Å²) in [4.78, 5) is 30.7. The minimum Gasteiger partial charge on any atom is -0.345 e. The number of pyridine rings is 1. The number of halogens is 4. The van der Waals surface area contributed by atoms with E-state index >= 15 is 0 Å². The maximum atomic E-state index is 13.0. The third-order valence-corrected chi connectivity index (χ3v) is 9.31. The number of fused-ring (bicyclic) bond motifs is 2. The first kappa shape index (κ1) is 28.6. The molecule has 1 N–H and O–H groups in total. The number of aromatic nitrogens is 4. The van der Waals surface area contributed by atoms with Crippen LogP contribution in [-0.2, 0) is 19.6 Å². The maximum absolute atomic E-state index is 13.0. The Bertz CT molecular complexity index is 1980. The molecule has 8 nitrogen and oxygen atoms in total. The Morgan fingerprint density at radius 1 is 1.12 bits per heavy atom. The van der Waals surface area contributed by atoms with Gasteiger partial charge in [-0.1, -0.05) is 23.2 Å². The predicted octanol–water partition coefficient (Wildman–Crippen LogP) is 5.75. The van der Waals surface area contributed by atoms with Crippen molar-refractivity contribution in [2.75, 3.05) is 13.1 Å². The van der Waals surface area contributed by atoms with E-state index in [1.165, 1.54) is 11.3 Å². The summed E-state index contributed by atoms with van der Waals surface area (Å²) in [6.07, 6.45) is 3.33. The lowest BCUT2D eigenvalue weighted by Crippen LogP contribution is -2.40. The van der Waals surface area contributed by atoms with Crippen LogP contribution in [0.25, 0.3) is 32.2 Å². The van der Waals surface area contributed by atoms with Gasteiger partial charge in [0.2, 0.25) is 0 Å². The summed E-state index contributed by atoms with van der Waals surface area (Å²) in [6.45, 7) is 1.09. The second kappa shape index (κ2) is 11.3. The van der Waals surface area contributed by atoms with Crippen LogP contribution >= 0.6 is 34.5 Å². The Balaban J connectivity index is 1.45. The highest BCUT2D eigenvalue weighted by Crippen LogP contribution is 2.40. The van der Waals surface area contributed by atoms with Crippen LogP contribution in [0.2, 0.25) is 10.0 Å². The molecule has 0 unspecified atom stereocenters. The van der Waals surface area contributed by atoms with Crippen LogP contribution in [0.5, 0.6) is 0 Å². The number of hydrogen-bond acceptors (Lipinski definition) is 6. The highest BCUT2D eigenvalue weighted by Gasteiger charge is 2.33. The molecule has 42 heavy (non-hydrogen) atoms. The van der Waals surface area contributed by atoms with E-state index in [1.807, 2.05) is 30.5 Å². The largest absolute Gasteiger partial charge is 0.345 e. The second-order valence-electron chi connectivity index (χ2n) is 10.5. The van der Waals surface area contributed by atoms with Gasteiger partial charge in [0.1, 0.15) is 5.02 Å². The summed E-state index contributed by atoms with van der Waals surface area (Å²) in [7, 11) is 0. The fourth-order valence-corrected chi connectivity index (χ4v) is 7.23. The molecule has 5 aromatic rings. The number of nitrogens with zero attached hydrogens (tertiary/aromatic N) is 5. The molecule has 0 spiro atoms. The first-order valence-electron chi connectivity index (χ1n) is 13.2. The molecule has 0 saturated carbocycles. The fraction of sp³-hybridized carbons (Fsp3) is 0.310. The molecule has 0 amide bonds. The molecule has 1 fully saturated rings. The summed E-state index contributed by atoms with van der Waals surface area (Å²) in [5.74, 6) is 0. The van der Waals surface area contributed by atoms with Crippen LogP contribution in [0, 0.1) is 16.7 Å². The van der Waals surface area contributed by atoms with Gasteiger partial charge >= 0.3 is 5.69 Å². The molecule has 6 rings (SSSR count). The van der Waals surface area contributed by atoms with Gasteiger partial charge in [-0.15, -0.1) is 11.3 Å². The van der Waals surface area contributed by atoms with E-state index in [9.17, 15) is 23.6 Å². The molecular weight excluding hydrogens is 605 g/mol. The highest BCUT2D eigenvalue weighted by molar-refractivity contribution is 7.19. The molecule has 1 aliphatic heterocycles. The van der Waals surface area contributed by atoms with Gasteiger partial charge in [0.25, 0.3) is 12.0 Å². The van der Waals surface area contributed by atoms with Gasteiger partial charge in [-0.05, 0) is 56.3 Å². The van der Waals surface area contributed by atoms with Crippen molar-refractivity contribution in [1.82, 2.24) is 24.0 Å². The summed E-state index contributed by atoms with van der Waals surface area (Å²) in [6, 6.07) is 12.0. The Morgan fingerprint density at radius 2 is 1.90 bits per heavy atom. The van der Waals surface area contributed by atoms with Crippen molar-refractivity contribution in [3.05, 3.63) is 84.7 Å². The van der Waals surface area contributed by atoms with Gasteiger partial charge in [0.15, 0.2) is 0 Å². The lowest BCUT2D eigenvalue weighted by molar-refractivity contribution is 0.124. The summed E-state index contributed by atoms with van der Waals surface area (Å²) in [5, 5.41) is 14.6. The zero-order valence-electron chi connectivity index (χ0n) is 22.1. The van der Waals surface area contributed by atoms with Gasteiger partial charge in [0, 0.05) is 51.5 Å². The monoisotopic (exact) mass is 628 g/mol. The van der Waals surface area contributed by atoms with E-state index in [4.69, 9.17) is 23.2 Å². The normalized spacial score (nSPS) is 15.0. The molecule has 0 radical (unpaired) electrons. The van der Waals surface area contributed by atoms with Crippen LogP contribution in [0.4, 0.5) is 8.78 Å². The van der Waals surface area contributed by atoms with Gasteiger partial charge in [-0.3, -0.25) is 18.9 Å². The number of alkyl halides is 2. The Kier molecular flexibility index (Phi) is 7.66. The van der Waals surface area contributed by atoms with Crippen molar-refractivity contribution < 1.29 is 8.78 Å². The minimum absolute atomic E-state index is 0.151. The average Bonchev–Trinajstić information content (AvgIpc) is 3.57. The number of piperidine rings is 1. The van der Waals surface area contributed by atoms with Crippen LogP contribution in [0.3, 0.4) is 0 Å². The first-order chi connectivity index (χ1) is 20.2. The first-order valence-corrected chi connectivity index (χ1v) is 14.8. The molecular formula is C29H24Cl2F2N6O2S. The molecule has 1 aromatic carbocycles. The van der Waals surface area contributed by atoms with Gasteiger partial charge in [-0.2, -0.15) is 5.26 Å². The van der Waals surface area contributed by atoms with Crippen LogP contribution in [-0.4, -0.2) is 38.2 Å². The predicted molar refractivity (Wildman–Crippen MR) is 161 cm³/mol. The number of hydrogen-bond donors (Lipinski definition) is 1. The van der Waals surface area contributed by atoms with E-state index in [1.54, 1.807) is 12.3 Å². The van der Waals surface area contributed by atoms with Crippen LogP contribution in [0.15, 0.2) is 58.5 Å². The number of benzene rings is 1. The van der Waals surface area contributed by atoms with E-state index in [0.29, 0.717) is 22.0 Å². The quantitative estimate of drug-likeness (QED) is 0.247. The summed E-state index contributed by atoms with van der Waals surface area (Å²) in [5.41, 5.74) is 1.20. The summed E-state index contributed by atoms with van der Waals surface area (Å²) < 4.78 is 30.6. The molecule has 13 heteroatoms. The maximum Gasteiger partial charge on any atom is 0.331 e. The second-order valence-corrected chi connectivity index (χ2v) is 12.4. The molecule has 1 saturated heterocycles. The third-order valence-electron chi connectivity index (χ3n) is 7.69. The van der Waals surface area contributed by atoms with Crippen LogP contribution < -0.4 is 16.6 Å². The Labute approximate surface area is 252 Å². The van der Waals surface area contributed by atoms with Gasteiger partial charge in [0.05, 0.1) is 40.3 Å². The Morgan fingerprint density at radius 3 is 2.64 bits per heavy atom. The molecule has 0 aliphatic carbocycles. The number of nitrogens with one attached hydrogen (secondary N) is 1. The molecule has 0 atom stereocenters. The van der Waals surface area contributed by atoms with E-state index in [0.717, 1.165) is 68.0 Å². The van der Waals surface area contributed by atoms with E-state index < -0.39 is 29.6 Å². The van der Waals surface area contributed by atoms with E-state index in [-0.39, 0.29) is 11.6 Å². The summed E-state index contributed by atoms with van der Waals surface area (Å²) >= 11 is 13.9. The molecule has 216 valence electrons. The van der Waals surface area contributed by atoms with E-state index in [2.05, 4.69) is 20.9 Å². The molecule has 0 bridgehead atoms. The zero-order chi connectivity index (χ0) is 29.6. The average molecular weight is 630 g/mol. The van der Waals surface area contributed by atoms with Crippen LogP contribution in [0.1, 0.15) is 17.7 Å². The Hall–Kier alpha value is -3.56. The van der Waals surface area contributed by atoms with Crippen molar-refractivity contribution in [2.45, 2.75) is 38.9 Å². The fourth-order valence-electron chi connectivity index (χ4n) is 5.66. The zero-order valence-corrected chi connectivity index (χ0v) is 24.4. The highest BCUT2D eigenvalue weighted by atomic mass is 35.5. The van der Waals surface area contributed by atoms with Gasteiger partial charge < -0.3 is 9.88 Å². The topological polar surface area (TPSA) is 97.6 Å². The van der Waals surface area contributed by atoms with Gasteiger partial charge in [-0.25, -0.2) is 13.6 Å². The third kappa shape index (κ3) is 5.24. The standard InChI is InChI=1S/C29H24Cl2F2N6O2S/c30-18-9-17-2-8-37(16-29(15-34)3-6-35-7-4-29)25(17)21(10-18)20-1-5-36-23-11-19(42-26(20)23)12-39-27(40)22(31)13-38(28(39)41)14-24(32)33/h1-2,5,8-11,13,24,35H,3-4,6-7,12,14,16H2. The smallest absolute Gasteiger partial charge is 0.331 e. The number of rotatable bonds is 7. The lowest BCUT2D eigenvalue weighted by Gasteiger charge is -2.32. The SMILES string of the molecule is N#CC1(Cn2ccc3cc(Cl)cc(-c4ccnc5cc(Cn6c(=O)c(Cl)cn(CC(F)F)c6=O)sc45)c32)CCNCC1. The molecule has 1 aliphatic rings. The minimum atomic E-state index is -2.79. The van der Waals surface area contributed by atoms with Crippen molar-refractivity contribution >= 4 is 55.7 Å². The number of nitriles is 1. The van der Waals surface area contributed by atoms with Crippen molar-refractivity contribution in [2.24, 2.45) is 5.41 Å². The number of thiophene rings is 1. The molecule has 5 heterocycles. The molecule has 4 aromatic heterocycles. The van der Waals surface area contributed by atoms with Crippen molar-refractivity contribution in [3.63, 3.8) is 0 Å². The van der Waals surface area contributed by atoms with Crippen molar-refractivity contribution in [3.8, 4) is 17.2 Å². The lowest BCUT2D eigenvalue weighted by atomic mass is 9.80. The van der Waals surface area contributed by atoms with Crippen molar-refractivity contribution in [1.29, 1.82) is 5.26 Å².